The second kappa shape index (κ2) is 6.33. The monoisotopic (exact) mass is 344 g/mol. The van der Waals surface area contributed by atoms with Gasteiger partial charge in [-0.3, -0.25) is 4.79 Å². The molecular weight excluding hydrogens is 320 g/mol. The van der Waals surface area contributed by atoms with Crippen molar-refractivity contribution in [2.24, 2.45) is 0 Å². The maximum atomic E-state index is 12.6. The van der Waals surface area contributed by atoms with Gasteiger partial charge in [-0.15, -0.1) is 0 Å². The average Bonchev–Trinajstić information content (AvgIpc) is 2.63. The van der Waals surface area contributed by atoms with Crippen molar-refractivity contribution in [3.63, 3.8) is 0 Å². The molecule has 0 N–H and O–H groups in total. The Kier molecular flexibility index (Phi) is 4.15. The summed E-state index contributed by atoms with van der Waals surface area (Å²) in [6.07, 6.45) is 1.80. The van der Waals surface area contributed by atoms with Crippen LogP contribution in [0.2, 0.25) is 0 Å². The highest BCUT2D eigenvalue weighted by Crippen LogP contribution is 2.39. The third kappa shape index (κ3) is 3.11. The number of carbonyl (C=O) groups is 2. The van der Waals surface area contributed by atoms with E-state index in [1.807, 2.05) is 34.9 Å². The van der Waals surface area contributed by atoms with Crippen LogP contribution in [0.5, 0.6) is 5.75 Å². The molecule has 3 aliphatic heterocycles. The minimum atomic E-state index is -0.457. The molecule has 0 atom stereocenters. The van der Waals surface area contributed by atoms with Gasteiger partial charge in [0.1, 0.15) is 11.4 Å². The Morgan fingerprint density at radius 3 is 2.48 bits per heavy atom. The lowest BCUT2D eigenvalue weighted by molar-refractivity contribution is -0.00895. The number of benzene rings is 1. The van der Waals surface area contributed by atoms with Gasteiger partial charge in [0.15, 0.2) is 5.78 Å². The number of hydrogen-bond donors (Lipinski definition) is 0. The lowest BCUT2D eigenvalue weighted by Crippen LogP contribution is -2.56. The molecule has 1 aromatic rings. The molecule has 2 amide bonds. The summed E-state index contributed by atoms with van der Waals surface area (Å²) in [4.78, 5) is 28.9. The Labute approximate surface area is 147 Å². The van der Waals surface area contributed by atoms with E-state index in [1.165, 1.54) is 0 Å². The van der Waals surface area contributed by atoms with Crippen LogP contribution in [0.1, 0.15) is 35.2 Å². The fourth-order valence-electron chi connectivity index (χ4n) is 3.95. The number of rotatable bonds is 0. The number of urea groups is 1. The molecule has 2 fully saturated rings. The largest absolute Gasteiger partial charge is 0.486 e. The van der Waals surface area contributed by atoms with Crippen molar-refractivity contribution in [2.75, 3.05) is 39.4 Å². The molecule has 25 heavy (non-hydrogen) atoms. The number of ether oxygens (including phenoxy) is 2. The predicted octanol–water partition coefficient (Wildman–Crippen LogP) is 2.25. The Morgan fingerprint density at radius 1 is 1.08 bits per heavy atom. The van der Waals surface area contributed by atoms with Crippen LogP contribution in [0.4, 0.5) is 4.79 Å². The standard InChI is InChI=1S/C19H24N2O4/c1-14-2-3-17-15(12-14)16(22)13-19(25-17)4-6-20(7-5-19)18(23)21-8-10-24-11-9-21/h2-3,12H,4-11,13H2,1H3. The van der Waals surface area contributed by atoms with Crippen molar-refractivity contribution in [1.82, 2.24) is 9.80 Å². The van der Waals surface area contributed by atoms with E-state index < -0.39 is 5.60 Å². The van der Waals surface area contributed by atoms with Crippen LogP contribution < -0.4 is 4.74 Å². The summed E-state index contributed by atoms with van der Waals surface area (Å²) in [5, 5.41) is 0. The van der Waals surface area contributed by atoms with Crippen LogP contribution in [0.3, 0.4) is 0 Å². The van der Waals surface area contributed by atoms with Crippen LogP contribution in [-0.2, 0) is 4.74 Å². The van der Waals surface area contributed by atoms with Crippen molar-refractivity contribution in [2.45, 2.75) is 31.8 Å². The van der Waals surface area contributed by atoms with Gasteiger partial charge >= 0.3 is 6.03 Å². The number of hydrogen-bond acceptors (Lipinski definition) is 4. The summed E-state index contributed by atoms with van der Waals surface area (Å²) in [6, 6.07) is 5.86. The SMILES string of the molecule is Cc1ccc2c(c1)C(=O)CC1(CCN(C(=O)N3CCOCC3)CC1)O2. The van der Waals surface area contributed by atoms with Crippen molar-refractivity contribution < 1.29 is 19.1 Å². The van der Waals surface area contributed by atoms with Crippen molar-refractivity contribution in [1.29, 1.82) is 0 Å². The first-order valence-corrected chi connectivity index (χ1v) is 9.01. The molecular formula is C19H24N2O4. The average molecular weight is 344 g/mol. The first-order chi connectivity index (χ1) is 12.1. The Bertz CT molecular complexity index is 689. The molecule has 0 bridgehead atoms. The van der Waals surface area contributed by atoms with Crippen molar-refractivity contribution in [3.8, 4) is 5.75 Å². The van der Waals surface area contributed by atoms with Gasteiger partial charge in [-0.2, -0.15) is 0 Å². The third-order valence-electron chi connectivity index (χ3n) is 5.47. The highest BCUT2D eigenvalue weighted by molar-refractivity contribution is 6.00. The summed E-state index contributed by atoms with van der Waals surface area (Å²) in [6.45, 7) is 5.77. The maximum absolute atomic E-state index is 12.6. The fraction of sp³-hybridized carbons (Fsp3) is 0.579. The van der Waals surface area contributed by atoms with Gasteiger partial charge in [-0.05, 0) is 19.1 Å². The van der Waals surface area contributed by atoms with E-state index in [0.29, 0.717) is 70.0 Å². The van der Waals surface area contributed by atoms with E-state index in [0.717, 1.165) is 5.56 Å². The number of carbonyl (C=O) groups excluding carboxylic acids is 2. The van der Waals surface area contributed by atoms with E-state index in [9.17, 15) is 9.59 Å². The molecule has 1 aromatic carbocycles. The number of aryl methyl sites for hydroxylation is 1. The topological polar surface area (TPSA) is 59.1 Å². The first-order valence-electron chi connectivity index (χ1n) is 9.01. The van der Waals surface area contributed by atoms with Gasteiger partial charge in [0.25, 0.3) is 0 Å². The molecule has 0 aliphatic carbocycles. The van der Waals surface area contributed by atoms with Gasteiger partial charge < -0.3 is 19.3 Å². The maximum Gasteiger partial charge on any atom is 0.320 e. The Morgan fingerprint density at radius 2 is 1.76 bits per heavy atom. The summed E-state index contributed by atoms with van der Waals surface area (Å²) < 4.78 is 11.6. The van der Waals surface area contributed by atoms with Crippen molar-refractivity contribution in [3.05, 3.63) is 29.3 Å². The molecule has 3 aliphatic rings. The number of ketones is 1. The zero-order chi connectivity index (χ0) is 17.4. The van der Waals surface area contributed by atoms with Gasteiger partial charge in [-0.25, -0.2) is 4.79 Å². The smallest absolute Gasteiger partial charge is 0.320 e. The number of likely N-dealkylation sites (tertiary alicyclic amines) is 1. The molecule has 3 heterocycles. The van der Waals surface area contributed by atoms with Crippen LogP contribution in [0.15, 0.2) is 18.2 Å². The predicted molar refractivity (Wildman–Crippen MR) is 92.1 cm³/mol. The molecule has 6 nitrogen and oxygen atoms in total. The van der Waals surface area contributed by atoms with Crippen molar-refractivity contribution >= 4 is 11.8 Å². The Balaban J connectivity index is 1.44. The van der Waals surface area contributed by atoms with Crippen LogP contribution >= 0.6 is 0 Å². The molecule has 2 saturated heterocycles. The second-order valence-corrected chi connectivity index (χ2v) is 7.25. The first kappa shape index (κ1) is 16.4. The molecule has 0 radical (unpaired) electrons. The summed E-state index contributed by atoms with van der Waals surface area (Å²) in [5.41, 5.74) is 1.30. The van der Waals surface area contributed by atoms with E-state index >= 15 is 0 Å². The van der Waals surface area contributed by atoms with E-state index in [4.69, 9.17) is 9.47 Å². The van der Waals surface area contributed by atoms with Gasteiger partial charge in [0, 0.05) is 39.0 Å². The Hall–Kier alpha value is -2.08. The molecule has 134 valence electrons. The lowest BCUT2D eigenvalue weighted by atomic mass is 9.82. The normalized spacial score (nSPS) is 22.5. The number of piperidine rings is 1. The summed E-state index contributed by atoms with van der Waals surface area (Å²) in [7, 11) is 0. The zero-order valence-corrected chi connectivity index (χ0v) is 14.6. The molecule has 1 spiro atoms. The zero-order valence-electron chi connectivity index (χ0n) is 14.6. The van der Waals surface area contributed by atoms with Crippen LogP contribution in [-0.4, -0.2) is 66.6 Å². The number of Topliss-reactive ketones (excluding diaryl/α,β-unsaturated/α-hetero) is 1. The number of amides is 2. The number of nitrogens with zero attached hydrogens (tertiary/aromatic N) is 2. The van der Waals surface area contributed by atoms with Gasteiger partial charge in [-0.1, -0.05) is 11.6 Å². The molecule has 0 unspecified atom stereocenters. The van der Waals surface area contributed by atoms with Crippen LogP contribution in [0.25, 0.3) is 0 Å². The van der Waals surface area contributed by atoms with E-state index in [1.54, 1.807) is 0 Å². The number of morpholine rings is 1. The van der Waals surface area contributed by atoms with Crippen LogP contribution in [0, 0.1) is 6.92 Å². The molecule has 4 rings (SSSR count). The second-order valence-electron chi connectivity index (χ2n) is 7.25. The minimum Gasteiger partial charge on any atom is -0.486 e. The number of fused-ring (bicyclic) bond motifs is 1. The molecule has 0 saturated carbocycles. The van der Waals surface area contributed by atoms with E-state index in [2.05, 4.69) is 0 Å². The highest BCUT2D eigenvalue weighted by Gasteiger charge is 2.44. The summed E-state index contributed by atoms with van der Waals surface area (Å²) in [5.74, 6) is 0.840. The van der Waals surface area contributed by atoms with E-state index in [-0.39, 0.29) is 11.8 Å². The fourth-order valence-corrected chi connectivity index (χ4v) is 3.95. The molecule has 6 heteroatoms. The third-order valence-corrected chi connectivity index (χ3v) is 5.47. The minimum absolute atomic E-state index is 0.0799. The quantitative estimate of drug-likeness (QED) is 0.724. The summed E-state index contributed by atoms with van der Waals surface area (Å²) >= 11 is 0. The molecule has 0 aromatic heterocycles. The van der Waals surface area contributed by atoms with Gasteiger partial charge in [0.2, 0.25) is 0 Å². The van der Waals surface area contributed by atoms with Gasteiger partial charge in [0.05, 0.1) is 25.2 Å². The lowest BCUT2D eigenvalue weighted by Gasteiger charge is -2.45. The highest BCUT2D eigenvalue weighted by atomic mass is 16.5.